The second kappa shape index (κ2) is 11.3. The maximum atomic E-state index is 5.59. The van der Waals surface area contributed by atoms with E-state index in [1.54, 1.807) is 5.57 Å². The number of hydrogen-bond acceptors (Lipinski definition) is 4. The summed E-state index contributed by atoms with van der Waals surface area (Å²) >= 11 is 0. The lowest BCUT2D eigenvalue weighted by Crippen LogP contribution is -2.46. The van der Waals surface area contributed by atoms with E-state index in [9.17, 15) is 0 Å². The highest BCUT2D eigenvalue weighted by Gasteiger charge is 2.28. The average molecular weight is 462 g/mol. The van der Waals surface area contributed by atoms with Crippen LogP contribution in [0.4, 0.5) is 11.4 Å². The predicted molar refractivity (Wildman–Crippen MR) is 140 cm³/mol. The molecule has 1 aromatic carbocycles. The lowest BCUT2D eigenvalue weighted by atomic mass is 9.72. The Morgan fingerprint density at radius 2 is 1.69 bits per heavy atom. The molecule has 1 unspecified atom stereocenters. The largest absolute Gasteiger partial charge is 0.378 e. The Balaban J connectivity index is 0.00000289. The zero-order valence-electron chi connectivity index (χ0n) is 20.7. The second-order valence-electron chi connectivity index (χ2n) is 10.7. The van der Waals surface area contributed by atoms with Gasteiger partial charge in [-0.3, -0.25) is 4.90 Å². The molecule has 0 bridgehead atoms. The molecule has 32 heavy (non-hydrogen) atoms. The van der Waals surface area contributed by atoms with Crippen LogP contribution in [0.1, 0.15) is 58.9 Å². The summed E-state index contributed by atoms with van der Waals surface area (Å²) < 4.78 is 5.59. The number of rotatable bonds is 5. The molecule has 3 aliphatic rings. The first-order valence-corrected chi connectivity index (χ1v) is 12.6. The van der Waals surface area contributed by atoms with Crippen molar-refractivity contribution in [1.82, 2.24) is 4.90 Å². The Labute approximate surface area is 202 Å². The molecule has 2 aliphatic heterocycles. The Morgan fingerprint density at radius 1 is 0.969 bits per heavy atom. The fourth-order valence-corrected chi connectivity index (χ4v) is 5.47. The molecule has 2 fully saturated rings. The third-order valence-corrected chi connectivity index (χ3v) is 7.59. The van der Waals surface area contributed by atoms with Gasteiger partial charge < -0.3 is 14.5 Å². The van der Waals surface area contributed by atoms with E-state index in [1.165, 1.54) is 62.3 Å². The van der Waals surface area contributed by atoms with Gasteiger partial charge in [-0.15, -0.1) is 12.4 Å². The molecule has 1 aromatic rings. The maximum Gasteiger partial charge on any atom is 0.0642 e. The Bertz CT molecular complexity index is 759. The zero-order chi connectivity index (χ0) is 21.8. The summed E-state index contributed by atoms with van der Waals surface area (Å²) in [7, 11) is 0. The van der Waals surface area contributed by atoms with Gasteiger partial charge in [0, 0.05) is 56.2 Å². The minimum atomic E-state index is 0. The van der Waals surface area contributed by atoms with Gasteiger partial charge in [-0.25, -0.2) is 0 Å². The van der Waals surface area contributed by atoms with Crippen molar-refractivity contribution in [2.75, 3.05) is 68.8 Å². The summed E-state index contributed by atoms with van der Waals surface area (Å²) in [6, 6.07) is 7.25. The van der Waals surface area contributed by atoms with Crippen molar-refractivity contribution in [2.45, 2.75) is 53.4 Å². The van der Waals surface area contributed by atoms with Crippen LogP contribution in [0.5, 0.6) is 0 Å². The van der Waals surface area contributed by atoms with E-state index < -0.39 is 0 Å². The third-order valence-electron chi connectivity index (χ3n) is 7.59. The van der Waals surface area contributed by atoms with Gasteiger partial charge in [0.05, 0.1) is 13.2 Å². The Kier molecular flexibility index (Phi) is 8.94. The molecule has 4 rings (SSSR count). The monoisotopic (exact) mass is 461 g/mol. The Hall–Kier alpha value is -1.23. The normalized spacial score (nSPS) is 23.0. The van der Waals surface area contributed by atoms with Crippen LogP contribution >= 0.6 is 12.4 Å². The van der Waals surface area contributed by atoms with Crippen LogP contribution in [0.25, 0.3) is 5.57 Å². The van der Waals surface area contributed by atoms with Crippen LogP contribution in [0, 0.1) is 11.3 Å². The quantitative estimate of drug-likeness (QED) is 0.559. The van der Waals surface area contributed by atoms with Crippen molar-refractivity contribution in [2.24, 2.45) is 11.3 Å². The van der Waals surface area contributed by atoms with E-state index in [4.69, 9.17) is 4.74 Å². The van der Waals surface area contributed by atoms with E-state index >= 15 is 0 Å². The smallest absolute Gasteiger partial charge is 0.0642 e. The van der Waals surface area contributed by atoms with Crippen molar-refractivity contribution in [3.05, 3.63) is 29.8 Å². The topological polar surface area (TPSA) is 19.0 Å². The molecule has 2 heterocycles. The number of nitrogens with zero attached hydrogens (tertiary/aromatic N) is 3. The molecule has 0 radical (unpaired) electrons. The van der Waals surface area contributed by atoms with E-state index in [2.05, 4.69) is 66.7 Å². The van der Waals surface area contributed by atoms with Crippen LogP contribution in [0.2, 0.25) is 0 Å². The second-order valence-corrected chi connectivity index (χ2v) is 10.7. The number of morpholine rings is 1. The summed E-state index contributed by atoms with van der Waals surface area (Å²) in [4.78, 5) is 7.75. The van der Waals surface area contributed by atoms with Crippen LogP contribution in [0.15, 0.2) is 24.3 Å². The summed E-state index contributed by atoms with van der Waals surface area (Å²) in [6.07, 6.45) is 7.54. The first-order chi connectivity index (χ1) is 15.0. The van der Waals surface area contributed by atoms with Gasteiger partial charge in [-0.05, 0) is 67.3 Å². The summed E-state index contributed by atoms with van der Waals surface area (Å²) in [6.45, 7) is 19.0. The van der Waals surface area contributed by atoms with E-state index in [-0.39, 0.29) is 12.4 Å². The van der Waals surface area contributed by atoms with Gasteiger partial charge in [0.2, 0.25) is 0 Å². The number of halogens is 1. The molecule has 0 N–H and O–H groups in total. The predicted octanol–water partition coefficient (Wildman–Crippen LogP) is 5.71. The standard InChI is InChI=1S/C27H43N3O.ClH/c1-5-12-28-13-15-30(16-14-28)26-11-10-24(29-17-19-31-20-18-29)21-25(26)22-6-8-23(9-7-22)27(2,3)4;/h6,10-11,21,23H,5,7-9,12-20H2,1-4H3;1H. The first-order valence-electron chi connectivity index (χ1n) is 12.6. The zero-order valence-corrected chi connectivity index (χ0v) is 21.6. The van der Waals surface area contributed by atoms with Crippen molar-refractivity contribution >= 4 is 29.4 Å². The molecule has 0 aromatic heterocycles. The maximum absolute atomic E-state index is 5.59. The number of anilines is 2. The number of piperazine rings is 1. The number of hydrogen-bond donors (Lipinski definition) is 0. The number of ether oxygens (including phenoxy) is 1. The molecule has 1 atom stereocenters. The van der Waals surface area contributed by atoms with Gasteiger partial charge in [-0.1, -0.05) is 33.8 Å². The first kappa shape index (κ1) is 25.4. The lowest BCUT2D eigenvalue weighted by molar-refractivity contribution is 0.122. The van der Waals surface area contributed by atoms with Crippen LogP contribution in [-0.2, 0) is 4.74 Å². The third kappa shape index (κ3) is 6.01. The minimum absolute atomic E-state index is 0. The van der Waals surface area contributed by atoms with Gasteiger partial charge in [0.1, 0.15) is 0 Å². The van der Waals surface area contributed by atoms with Gasteiger partial charge in [-0.2, -0.15) is 0 Å². The van der Waals surface area contributed by atoms with Crippen molar-refractivity contribution in [3.63, 3.8) is 0 Å². The van der Waals surface area contributed by atoms with E-state index in [0.29, 0.717) is 5.41 Å². The number of benzene rings is 1. The van der Waals surface area contributed by atoms with E-state index in [0.717, 1.165) is 45.3 Å². The van der Waals surface area contributed by atoms with Gasteiger partial charge in [0.25, 0.3) is 0 Å². The highest BCUT2D eigenvalue weighted by atomic mass is 35.5. The summed E-state index contributed by atoms with van der Waals surface area (Å²) in [5.41, 5.74) is 6.27. The molecule has 0 saturated carbocycles. The summed E-state index contributed by atoms with van der Waals surface area (Å²) in [5.74, 6) is 0.791. The molecule has 180 valence electrons. The highest BCUT2D eigenvalue weighted by molar-refractivity contribution is 5.85. The molecule has 0 amide bonds. The highest BCUT2D eigenvalue weighted by Crippen LogP contribution is 2.42. The van der Waals surface area contributed by atoms with Crippen LogP contribution in [0.3, 0.4) is 0 Å². The lowest BCUT2D eigenvalue weighted by Gasteiger charge is -2.38. The van der Waals surface area contributed by atoms with E-state index in [1.807, 2.05) is 0 Å². The fourth-order valence-electron chi connectivity index (χ4n) is 5.47. The molecule has 1 aliphatic carbocycles. The molecule has 2 saturated heterocycles. The average Bonchev–Trinajstić information content (AvgIpc) is 2.80. The molecule has 4 nitrogen and oxygen atoms in total. The van der Waals surface area contributed by atoms with Crippen molar-refractivity contribution in [3.8, 4) is 0 Å². The molecular weight excluding hydrogens is 418 g/mol. The van der Waals surface area contributed by atoms with Gasteiger partial charge in [0.15, 0.2) is 0 Å². The van der Waals surface area contributed by atoms with Crippen LogP contribution in [-0.4, -0.2) is 63.9 Å². The van der Waals surface area contributed by atoms with Crippen molar-refractivity contribution in [1.29, 1.82) is 0 Å². The Morgan fingerprint density at radius 3 is 2.28 bits per heavy atom. The minimum Gasteiger partial charge on any atom is -0.378 e. The molecule has 0 spiro atoms. The SMILES string of the molecule is CCCN1CCN(c2ccc(N3CCOCC3)cc2C2=CCC(C(C)(C)C)CC2)CC1.Cl. The van der Waals surface area contributed by atoms with Crippen molar-refractivity contribution < 1.29 is 4.74 Å². The molecule has 5 heteroatoms. The number of allylic oxidation sites excluding steroid dienone is 2. The summed E-state index contributed by atoms with van der Waals surface area (Å²) in [5, 5.41) is 0. The molecular formula is C27H44ClN3O. The fraction of sp³-hybridized carbons (Fsp3) is 0.704. The van der Waals surface area contributed by atoms with Crippen LogP contribution < -0.4 is 9.80 Å². The van der Waals surface area contributed by atoms with Gasteiger partial charge >= 0.3 is 0 Å².